The monoisotopic (exact) mass is 390 g/mol. The van der Waals surface area contributed by atoms with Crippen LogP contribution in [0, 0.1) is 0 Å². The van der Waals surface area contributed by atoms with E-state index in [0.29, 0.717) is 4.96 Å². The fraction of sp³-hybridized carbons (Fsp3) is 0.444. The van der Waals surface area contributed by atoms with Gasteiger partial charge in [0.2, 0.25) is 9.30 Å². The Labute approximate surface area is 157 Å². The number of hydrogen-bond acceptors (Lipinski definition) is 5. The van der Waals surface area contributed by atoms with Crippen molar-refractivity contribution < 1.29 is 8.42 Å². The maximum absolute atomic E-state index is 11.4. The number of nitrogens with two attached hydrogens (primary N) is 1. The molecule has 0 radical (unpaired) electrons. The van der Waals surface area contributed by atoms with Crippen LogP contribution in [-0.4, -0.2) is 23.0 Å². The smallest absolute Gasteiger partial charge is 0.223 e. The summed E-state index contributed by atoms with van der Waals surface area (Å²) in [6.07, 6.45) is 4.07. The summed E-state index contributed by atoms with van der Waals surface area (Å²) in [5.41, 5.74) is 4.85. The number of imidazole rings is 1. The normalized spacial score (nSPS) is 18.8. The molecule has 2 heterocycles. The van der Waals surface area contributed by atoms with E-state index in [1.807, 2.05) is 0 Å². The molecule has 0 amide bonds. The van der Waals surface area contributed by atoms with Crippen LogP contribution in [0.25, 0.3) is 16.2 Å². The quantitative estimate of drug-likeness (QED) is 0.725. The minimum absolute atomic E-state index is 0.122. The van der Waals surface area contributed by atoms with E-state index in [9.17, 15) is 8.42 Å². The first-order chi connectivity index (χ1) is 12.0. The predicted molar refractivity (Wildman–Crippen MR) is 103 cm³/mol. The molecular formula is C18H22N4O2S2. The van der Waals surface area contributed by atoms with Gasteiger partial charge in [-0.2, -0.15) is 0 Å². The molecule has 1 aliphatic carbocycles. The number of primary sulfonamides is 1. The Kier molecular flexibility index (Phi) is 3.64. The molecule has 26 heavy (non-hydrogen) atoms. The summed E-state index contributed by atoms with van der Waals surface area (Å²) in [5.74, 6) is 0. The largest absolute Gasteiger partial charge is 0.267 e. The van der Waals surface area contributed by atoms with Crippen LogP contribution >= 0.6 is 11.3 Å². The van der Waals surface area contributed by atoms with Crippen molar-refractivity contribution in [3.63, 3.8) is 0 Å². The molecule has 0 saturated heterocycles. The van der Waals surface area contributed by atoms with E-state index in [0.717, 1.165) is 29.0 Å². The van der Waals surface area contributed by atoms with E-state index in [2.05, 4.69) is 56.0 Å². The van der Waals surface area contributed by atoms with Crippen LogP contribution in [0.1, 0.15) is 51.7 Å². The lowest BCUT2D eigenvalue weighted by molar-refractivity contribution is 0.332. The zero-order valence-corrected chi connectivity index (χ0v) is 16.9. The lowest BCUT2D eigenvalue weighted by Crippen LogP contribution is -2.33. The Morgan fingerprint density at radius 1 is 1.12 bits per heavy atom. The third kappa shape index (κ3) is 2.76. The summed E-state index contributed by atoms with van der Waals surface area (Å²) in [4.78, 5) is 5.06. The third-order valence-electron chi connectivity index (χ3n) is 5.42. The van der Waals surface area contributed by atoms with Gasteiger partial charge in [0.15, 0.2) is 0 Å². The minimum atomic E-state index is -3.81. The number of nitrogens with zero attached hydrogens (tertiary/aromatic N) is 3. The number of benzene rings is 1. The minimum Gasteiger partial charge on any atom is -0.223 e. The van der Waals surface area contributed by atoms with Gasteiger partial charge in [0, 0.05) is 5.56 Å². The first-order valence-electron chi connectivity index (χ1n) is 8.52. The molecule has 6 nitrogen and oxygen atoms in total. The van der Waals surface area contributed by atoms with Crippen molar-refractivity contribution in [2.45, 2.75) is 55.7 Å². The van der Waals surface area contributed by atoms with Crippen molar-refractivity contribution in [3.05, 3.63) is 35.5 Å². The van der Waals surface area contributed by atoms with Crippen LogP contribution in [0.4, 0.5) is 0 Å². The van der Waals surface area contributed by atoms with Gasteiger partial charge in [-0.1, -0.05) is 51.2 Å². The summed E-state index contributed by atoms with van der Waals surface area (Å²) >= 11 is 0.976. The molecular weight excluding hydrogens is 368 g/mol. The third-order valence-corrected chi connectivity index (χ3v) is 7.65. The molecule has 0 fully saturated rings. The highest BCUT2D eigenvalue weighted by atomic mass is 32.2. The molecule has 4 rings (SSSR count). The highest BCUT2D eigenvalue weighted by Gasteiger charge is 2.37. The van der Waals surface area contributed by atoms with Crippen LogP contribution in [0.15, 0.2) is 28.7 Å². The van der Waals surface area contributed by atoms with Crippen LogP contribution in [0.3, 0.4) is 0 Å². The van der Waals surface area contributed by atoms with Crippen molar-refractivity contribution >= 4 is 26.3 Å². The zero-order valence-electron chi connectivity index (χ0n) is 15.3. The predicted octanol–water partition coefficient (Wildman–Crippen LogP) is 3.45. The zero-order chi connectivity index (χ0) is 18.9. The molecule has 0 saturated carbocycles. The van der Waals surface area contributed by atoms with Gasteiger partial charge in [-0.3, -0.25) is 0 Å². The average Bonchev–Trinajstić information content (AvgIpc) is 3.10. The van der Waals surface area contributed by atoms with Crippen LogP contribution < -0.4 is 5.14 Å². The summed E-state index contributed by atoms with van der Waals surface area (Å²) < 4.78 is 24.2. The molecule has 3 aromatic rings. The number of fused-ring (bicyclic) bond motifs is 2. The lowest BCUT2D eigenvalue weighted by Gasteiger charge is -2.42. The second-order valence-electron chi connectivity index (χ2n) is 8.29. The second-order valence-corrected chi connectivity index (χ2v) is 11.0. The summed E-state index contributed by atoms with van der Waals surface area (Å²) in [7, 11) is -3.81. The molecule has 2 N–H and O–H groups in total. The molecule has 0 spiro atoms. The van der Waals surface area contributed by atoms with Crippen molar-refractivity contribution in [1.29, 1.82) is 0 Å². The molecule has 0 atom stereocenters. The van der Waals surface area contributed by atoms with Gasteiger partial charge in [-0.05, 0) is 40.9 Å². The molecule has 1 aliphatic rings. The van der Waals surface area contributed by atoms with Gasteiger partial charge < -0.3 is 0 Å². The molecule has 138 valence electrons. The number of hydrogen-bond donors (Lipinski definition) is 1. The van der Waals surface area contributed by atoms with Crippen molar-refractivity contribution in [2.24, 2.45) is 5.14 Å². The first kappa shape index (κ1) is 17.6. The number of sulfonamides is 1. The van der Waals surface area contributed by atoms with Crippen LogP contribution in [0.5, 0.6) is 0 Å². The van der Waals surface area contributed by atoms with E-state index >= 15 is 0 Å². The molecule has 8 heteroatoms. The van der Waals surface area contributed by atoms with E-state index in [1.54, 1.807) is 6.20 Å². The first-order valence-corrected chi connectivity index (χ1v) is 10.9. The average molecular weight is 391 g/mol. The molecule has 2 aromatic heterocycles. The summed E-state index contributed by atoms with van der Waals surface area (Å²) in [5, 5.41) is 9.17. The fourth-order valence-corrected chi connectivity index (χ4v) is 5.19. The maximum Gasteiger partial charge on any atom is 0.267 e. The van der Waals surface area contributed by atoms with Crippen molar-refractivity contribution in [3.8, 4) is 11.3 Å². The van der Waals surface area contributed by atoms with Gasteiger partial charge in [0.1, 0.15) is 0 Å². The van der Waals surface area contributed by atoms with Gasteiger partial charge in [0.05, 0.1) is 11.9 Å². The van der Waals surface area contributed by atoms with Gasteiger partial charge >= 0.3 is 0 Å². The highest BCUT2D eigenvalue weighted by molar-refractivity contribution is 7.91. The Hall–Kier alpha value is -1.77. The van der Waals surface area contributed by atoms with Crippen LogP contribution in [0.2, 0.25) is 0 Å². The van der Waals surface area contributed by atoms with E-state index in [1.165, 1.54) is 22.1 Å². The Bertz CT molecular complexity index is 1090. The summed E-state index contributed by atoms with van der Waals surface area (Å²) in [6.45, 7) is 9.17. The molecule has 0 bridgehead atoms. The van der Waals surface area contributed by atoms with E-state index in [4.69, 9.17) is 5.14 Å². The summed E-state index contributed by atoms with van der Waals surface area (Å²) in [6, 6.07) is 6.53. The number of aromatic nitrogens is 3. The van der Waals surface area contributed by atoms with Gasteiger partial charge in [-0.25, -0.2) is 23.1 Å². The lowest BCUT2D eigenvalue weighted by atomic mass is 9.63. The molecule has 0 unspecified atom stereocenters. The standard InChI is InChI=1S/C18H22N4O2S2/c1-17(2)7-8-18(3,4)13-9-11(5-6-12(13)17)14-10-22-15(20-14)25-16(21-22)26(19,23)24/h5-6,9-10H,7-8H2,1-4H3,(H2,19,23,24). The highest BCUT2D eigenvalue weighted by Crippen LogP contribution is 2.46. The van der Waals surface area contributed by atoms with Gasteiger partial charge in [0.25, 0.3) is 10.0 Å². The second kappa shape index (κ2) is 5.37. The van der Waals surface area contributed by atoms with Crippen molar-refractivity contribution in [1.82, 2.24) is 14.6 Å². The number of rotatable bonds is 2. The Morgan fingerprint density at radius 3 is 2.38 bits per heavy atom. The molecule has 0 aliphatic heterocycles. The van der Waals surface area contributed by atoms with Crippen molar-refractivity contribution in [2.75, 3.05) is 0 Å². The van der Waals surface area contributed by atoms with Crippen LogP contribution in [-0.2, 0) is 20.9 Å². The topological polar surface area (TPSA) is 90.4 Å². The van der Waals surface area contributed by atoms with E-state index < -0.39 is 10.0 Å². The SMILES string of the molecule is CC1(C)CCC(C)(C)c2cc(-c3cn4nc(S(N)(=O)=O)sc4n3)ccc21. The molecule has 1 aromatic carbocycles. The van der Waals surface area contributed by atoms with Gasteiger partial charge in [-0.15, -0.1) is 5.10 Å². The fourth-order valence-electron chi connectivity index (χ4n) is 3.68. The Balaban J connectivity index is 1.82. The maximum atomic E-state index is 11.4. The van der Waals surface area contributed by atoms with E-state index in [-0.39, 0.29) is 15.2 Å². The Morgan fingerprint density at radius 2 is 1.77 bits per heavy atom.